The maximum absolute atomic E-state index is 12.2. The molecule has 0 N–H and O–H groups in total. The van der Waals surface area contributed by atoms with Crippen LogP contribution in [-0.4, -0.2) is 56.2 Å². The molecule has 1 fully saturated rings. The topological polar surface area (TPSA) is 79.8 Å². The van der Waals surface area contributed by atoms with Crippen LogP contribution in [0.3, 0.4) is 0 Å². The van der Waals surface area contributed by atoms with Crippen molar-refractivity contribution in [2.24, 2.45) is 0 Å². The molecule has 3 heterocycles. The van der Waals surface area contributed by atoms with E-state index in [1.54, 1.807) is 17.2 Å². The molecule has 3 rings (SSSR count). The van der Waals surface area contributed by atoms with Crippen LogP contribution in [0.2, 0.25) is 0 Å². The molecule has 142 valence electrons. The number of fused-ring (bicyclic) bond motifs is 1. The molecule has 0 unspecified atom stereocenters. The Labute approximate surface area is 160 Å². The van der Waals surface area contributed by atoms with Crippen LogP contribution in [0.5, 0.6) is 0 Å². The van der Waals surface area contributed by atoms with Crippen LogP contribution in [0.25, 0.3) is 10.1 Å². The van der Waals surface area contributed by atoms with E-state index >= 15 is 0 Å². The fraction of sp³-hybridized carbons (Fsp3) is 0.500. The van der Waals surface area contributed by atoms with E-state index in [1.165, 1.54) is 16.7 Å². The molecule has 10 heteroatoms. The Bertz CT molecular complexity index is 929. The van der Waals surface area contributed by atoms with E-state index in [2.05, 4.69) is 4.98 Å². The number of halogens is 1. The van der Waals surface area contributed by atoms with Crippen molar-refractivity contribution in [3.8, 4) is 0 Å². The van der Waals surface area contributed by atoms with Crippen molar-refractivity contribution < 1.29 is 17.9 Å². The van der Waals surface area contributed by atoms with Gasteiger partial charge in [0.05, 0.1) is 5.39 Å². The number of ether oxygens (including phenoxy) is 1. The molecule has 0 atom stereocenters. The van der Waals surface area contributed by atoms with Crippen molar-refractivity contribution >= 4 is 53.1 Å². The number of anilines is 1. The highest BCUT2D eigenvalue weighted by molar-refractivity contribution is 8.14. The summed E-state index contributed by atoms with van der Waals surface area (Å²) in [6.45, 7) is 7.50. The van der Waals surface area contributed by atoms with E-state index in [0.717, 1.165) is 4.70 Å². The second kappa shape index (κ2) is 6.86. The normalized spacial score (nSPS) is 16.2. The molecule has 0 bridgehead atoms. The van der Waals surface area contributed by atoms with E-state index in [9.17, 15) is 13.2 Å². The molecule has 1 aliphatic rings. The molecule has 2 aromatic rings. The third kappa shape index (κ3) is 4.05. The van der Waals surface area contributed by atoms with Crippen molar-refractivity contribution in [3.63, 3.8) is 0 Å². The van der Waals surface area contributed by atoms with E-state index in [4.69, 9.17) is 15.4 Å². The first-order valence-electron chi connectivity index (χ1n) is 8.10. The summed E-state index contributed by atoms with van der Waals surface area (Å²) in [5.74, 6) is 0.576. The van der Waals surface area contributed by atoms with Crippen molar-refractivity contribution in [1.82, 2.24) is 9.88 Å². The third-order valence-electron chi connectivity index (χ3n) is 3.93. The molecule has 1 saturated heterocycles. The molecule has 0 aromatic carbocycles. The molecule has 0 aliphatic carbocycles. The molecule has 1 amide bonds. The average molecular weight is 418 g/mol. The van der Waals surface area contributed by atoms with E-state index in [1.807, 2.05) is 25.7 Å². The lowest BCUT2D eigenvalue weighted by Gasteiger charge is -2.36. The minimum Gasteiger partial charge on any atom is -0.444 e. The van der Waals surface area contributed by atoms with Crippen molar-refractivity contribution in [3.05, 3.63) is 17.6 Å². The standard InChI is InChI=1S/C16H20ClN3O4S2/c1-16(2,3)24-15(21)20-8-6-19(7-9-20)14-13-11(4-5-18-14)25-10-12(13)26(17,22)23/h4-5,10H,6-9H2,1-3H3. The number of carbonyl (C=O) groups excluding carboxylic acids is 1. The first kappa shape index (κ1) is 19.2. The Morgan fingerprint density at radius 3 is 2.50 bits per heavy atom. The first-order valence-corrected chi connectivity index (χ1v) is 11.3. The van der Waals surface area contributed by atoms with E-state index in [-0.39, 0.29) is 11.0 Å². The second-order valence-corrected chi connectivity index (χ2v) is 10.4. The van der Waals surface area contributed by atoms with Crippen LogP contribution in [0.4, 0.5) is 10.6 Å². The van der Waals surface area contributed by atoms with Crippen molar-refractivity contribution in [1.29, 1.82) is 0 Å². The zero-order valence-electron chi connectivity index (χ0n) is 14.7. The summed E-state index contributed by atoms with van der Waals surface area (Å²) in [6.07, 6.45) is 1.31. The van der Waals surface area contributed by atoms with Gasteiger partial charge in [-0.1, -0.05) is 0 Å². The van der Waals surface area contributed by atoms with Crippen LogP contribution < -0.4 is 4.90 Å². The second-order valence-electron chi connectivity index (χ2n) is 7.00. The molecule has 26 heavy (non-hydrogen) atoms. The predicted molar refractivity (Wildman–Crippen MR) is 103 cm³/mol. The van der Waals surface area contributed by atoms with Gasteiger partial charge in [0.2, 0.25) is 0 Å². The number of thiophene rings is 1. The lowest BCUT2D eigenvalue weighted by molar-refractivity contribution is 0.0240. The SMILES string of the molecule is CC(C)(C)OC(=O)N1CCN(c2nccc3scc(S(=O)(=O)Cl)c23)CC1. The number of hydrogen-bond donors (Lipinski definition) is 0. The van der Waals surface area contributed by atoms with Crippen LogP contribution >= 0.6 is 22.0 Å². The highest BCUT2D eigenvalue weighted by Crippen LogP contribution is 2.37. The summed E-state index contributed by atoms with van der Waals surface area (Å²) in [5.41, 5.74) is -0.540. The molecule has 7 nitrogen and oxygen atoms in total. The maximum Gasteiger partial charge on any atom is 0.410 e. The fourth-order valence-corrected chi connectivity index (χ4v) is 5.27. The average Bonchev–Trinajstić information content (AvgIpc) is 2.97. The van der Waals surface area contributed by atoms with Crippen molar-refractivity contribution in [2.45, 2.75) is 31.3 Å². The highest BCUT2D eigenvalue weighted by Gasteiger charge is 2.28. The molecule has 0 spiro atoms. The summed E-state index contributed by atoms with van der Waals surface area (Å²) in [6, 6.07) is 1.77. The quantitative estimate of drug-likeness (QED) is 0.697. The van der Waals surface area contributed by atoms with Crippen LogP contribution in [-0.2, 0) is 13.8 Å². The Morgan fingerprint density at radius 2 is 1.92 bits per heavy atom. The summed E-state index contributed by atoms with van der Waals surface area (Å²) in [4.78, 5) is 20.3. The van der Waals surface area contributed by atoms with Gasteiger partial charge in [-0.3, -0.25) is 0 Å². The molecule has 0 radical (unpaired) electrons. The maximum atomic E-state index is 12.2. The Morgan fingerprint density at radius 1 is 1.27 bits per heavy atom. The lowest BCUT2D eigenvalue weighted by atomic mass is 10.2. The number of rotatable bonds is 2. The van der Waals surface area contributed by atoms with Crippen LogP contribution in [0.15, 0.2) is 22.5 Å². The number of carbonyl (C=O) groups is 1. The molecule has 1 aliphatic heterocycles. The number of nitrogens with zero attached hydrogens (tertiary/aromatic N) is 3. The molecular weight excluding hydrogens is 398 g/mol. The third-order valence-corrected chi connectivity index (χ3v) is 6.37. The number of aromatic nitrogens is 1. The van der Waals surface area contributed by atoms with Gasteiger partial charge in [0.15, 0.2) is 0 Å². The van der Waals surface area contributed by atoms with Gasteiger partial charge in [-0.25, -0.2) is 18.2 Å². The van der Waals surface area contributed by atoms with E-state index in [0.29, 0.717) is 37.4 Å². The fourth-order valence-electron chi connectivity index (χ4n) is 2.79. The molecular formula is C16H20ClN3O4S2. The Kier molecular flexibility index (Phi) is 5.06. The van der Waals surface area contributed by atoms with Gasteiger partial charge in [-0.05, 0) is 26.8 Å². The zero-order chi connectivity index (χ0) is 19.1. The van der Waals surface area contributed by atoms with Gasteiger partial charge < -0.3 is 14.5 Å². The van der Waals surface area contributed by atoms with Gasteiger partial charge in [0.1, 0.15) is 16.3 Å². The molecule has 2 aromatic heterocycles. The number of amides is 1. The van der Waals surface area contributed by atoms with Gasteiger partial charge >= 0.3 is 6.09 Å². The van der Waals surface area contributed by atoms with Gasteiger partial charge in [0, 0.05) is 53.1 Å². The molecule has 0 saturated carbocycles. The number of hydrogen-bond acceptors (Lipinski definition) is 7. The summed E-state index contributed by atoms with van der Waals surface area (Å²) >= 11 is 1.32. The van der Waals surface area contributed by atoms with Crippen LogP contribution in [0, 0.1) is 0 Å². The lowest BCUT2D eigenvalue weighted by Crippen LogP contribution is -2.50. The summed E-state index contributed by atoms with van der Waals surface area (Å²) in [5, 5.41) is 2.08. The minimum absolute atomic E-state index is 0.0804. The predicted octanol–water partition coefficient (Wildman–Crippen LogP) is 3.28. The van der Waals surface area contributed by atoms with E-state index < -0.39 is 14.7 Å². The highest BCUT2D eigenvalue weighted by atomic mass is 35.7. The number of piperazine rings is 1. The largest absolute Gasteiger partial charge is 0.444 e. The number of pyridine rings is 1. The smallest absolute Gasteiger partial charge is 0.410 e. The Balaban J connectivity index is 1.82. The van der Waals surface area contributed by atoms with Crippen molar-refractivity contribution in [2.75, 3.05) is 31.1 Å². The minimum atomic E-state index is -3.86. The first-order chi connectivity index (χ1) is 12.1. The Hall–Kier alpha value is -1.58. The van der Waals surface area contributed by atoms with Gasteiger partial charge in [0.25, 0.3) is 9.05 Å². The van der Waals surface area contributed by atoms with Crippen LogP contribution in [0.1, 0.15) is 20.8 Å². The summed E-state index contributed by atoms with van der Waals surface area (Å²) in [7, 11) is 1.72. The summed E-state index contributed by atoms with van der Waals surface area (Å²) < 4.78 is 30.0. The van der Waals surface area contributed by atoms with Gasteiger partial charge in [-0.2, -0.15) is 0 Å². The monoisotopic (exact) mass is 417 g/mol. The van der Waals surface area contributed by atoms with Gasteiger partial charge in [-0.15, -0.1) is 11.3 Å². The zero-order valence-corrected chi connectivity index (χ0v) is 17.1.